The fraction of sp³-hybridized carbons (Fsp3) is 0.917. The van der Waals surface area contributed by atoms with Crippen LogP contribution in [0.1, 0.15) is 52.4 Å². The van der Waals surface area contributed by atoms with Crippen molar-refractivity contribution in [2.24, 2.45) is 5.73 Å². The van der Waals surface area contributed by atoms with Gasteiger partial charge in [0.05, 0.1) is 0 Å². The van der Waals surface area contributed by atoms with E-state index in [1.165, 1.54) is 6.42 Å². The lowest BCUT2D eigenvalue weighted by Gasteiger charge is -2.39. The number of hydrogen-bond acceptors (Lipinski definition) is 2. The van der Waals surface area contributed by atoms with Crippen molar-refractivity contribution in [1.82, 2.24) is 4.90 Å². The average Bonchev–Trinajstić information content (AvgIpc) is 2.15. The average molecular weight is 212 g/mol. The summed E-state index contributed by atoms with van der Waals surface area (Å²) >= 11 is 0. The molecule has 0 heterocycles. The van der Waals surface area contributed by atoms with Gasteiger partial charge in [0.2, 0.25) is 5.91 Å². The third kappa shape index (κ3) is 3.49. The van der Waals surface area contributed by atoms with Crippen molar-refractivity contribution in [3.8, 4) is 0 Å². The van der Waals surface area contributed by atoms with Crippen LogP contribution in [-0.2, 0) is 4.79 Å². The van der Waals surface area contributed by atoms with Gasteiger partial charge in [-0.15, -0.1) is 0 Å². The lowest BCUT2D eigenvalue weighted by Crippen LogP contribution is -2.50. The molecule has 15 heavy (non-hydrogen) atoms. The molecule has 1 saturated carbocycles. The van der Waals surface area contributed by atoms with Crippen molar-refractivity contribution < 1.29 is 4.79 Å². The number of nitrogens with zero attached hydrogens (tertiary/aromatic N) is 1. The molecule has 1 rings (SSSR count). The van der Waals surface area contributed by atoms with E-state index < -0.39 is 0 Å². The maximum atomic E-state index is 12.0. The number of rotatable bonds is 6. The van der Waals surface area contributed by atoms with E-state index >= 15 is 0 Å². The summed E-state index contributed by atoms with van der Waals surface area (Å²) in [5.41, 5.74) is 5.92. The SMILES string of the molecule is CCCN(CCC)C(=O)CC1(N)CCC1. The minimum absolute atomic E-state index is 0.170. The van der Waals surface area contributed by atoms with E-state index in [0.29, 0.717) is 6.42 Å². The van der Waals surface area contributed by atoms with Gasteiger partial charge in [-0.25, -0.2) is 0 Å². The minimum atomic E-state index is -0.170. The Kier molecular flexibility index (Phi) is 4.58. The summed E-state index contributed by atoms with van der Waals surface area (Å²) in [6.45, 7) is 5.97. The van der Waals surface area contributed by atoms with Crippen LogP contribution in [0.4, 0.5) is 0 Å². The summed E-state index contributed by atoms with van der Waals surface area (Å²) in [6, 6.07) is 0. The van der Waals surface area contributed by atoms with Crippen LogP contribution in [0.3, 0.4) is 0 Å². The lowest BCUT2D eigenvalue weighted by molar-refractivity contribution is -0.133. The van der Waals surface area contributed by atoms with Gasteiger partial charge in [-0.2, -0.15) is 0 Å². The zero-order chi connectivity index (χ0) is 11.3. The number of amides is 1. The van der Waals surface area contributed by atoms with Crippen LogP contribution >= 0.6 is 0 Å². The molecule has 0 aromatic heterocycles. The molecule has 2 N–H and O–H groups in total. The number of carbonyl (C=O) groups is 1. The summed E-state index contributed by atoms with van der Waals surface area (Å²) in [6.07, 6.45) is 5.83. The third-order valence-electron chi connectivity index (χ3n) is 3.19. The molecule has 0 aromatic carbocycles. The highest BCUT2D eigenvalue weighted by atomic mass is 16.2. The highest BCUT2D eigenvalue weighted by Crippen LogP contribution is 2.32. The van der Waals surface area contributed by atoms with Crippen molar-refractivity contribution in [3.05, 3.63) is 0 Å². The van der Waals surface area contributed by atoms with Crippen LogP contribution in [0.25, 0.3) is 0 Å². The molecule has 3 heteroatoms. The zero-order valence-corrected chi connectivity index (χ0v) is 10.1. The molecule has 1 aliphatic carbocycles. The normalized spacial score (nSPS) is 18.3. The standard InChI is InChI=1S/C12H24N2O/c1-3-8-14(9-4-2)11(15)10-12(13)6-5-7-12/h3-10,13H2,1-2H3. The molecular weight excluding hydrogens is 188 g/mol. The van der Waals surface area contributed by atoms with Gasteiger partial charge in [0.1, 0.15) is 0 Å². The van der Waals surface area contributed by atoms with Crippen molar-refractivity contribution in [3.63, 3.8) is 0 Å². The highest BCUT2D eigenvalue weighted by molar-refractivity contribution is 5.77. The predicted octanol–water partition coefficient (Wildman–Crippen LogP) is 1.91. The van der Waals surface area contributed by atoms with E-state index in [2.05, 4.69) is 13.8 Å². The molecule has 0 saturated heterocycles. The largest absolute Gasteiger partial charge is 0.343 e. The van der Waals surface area contributed by atoms with Gasteiger partial charge in [-0.3, -0.25) is 4.79 Å². The van der Waals surface area contributed by atoms with Crippen molar-refractivity contribution >= 4 is 5.91 Å². The topological polar surface area (TPSA) is 46.3 Å². The molecule has 0 unspecified atom stereocenters. The second kappa shape index (κ2) is 5.50. The molecule has 0 spiro atoms. The van der Waals surface area contributed by atoms with E-state index in [-0.39, 0.29) is 11.4 Å². The van der Waals surface area contributed by atoms with Crippen LogP contribution in [0.2, 0.25) is 0 Å². The van der Waals surface area contributed by atoms with Crippen LogP contribution in [-0.4, -0.2) is 29.4 Å². The molecule has 3 nitrogen and oxygen atoms in total. The molecule has 88 valence electrons. The molecule has 1 aliphatic rings. The van der Waals surface area contributed by atoms with Gasteiger partial charge < -0.3 is 10.6 Å². The first-order chi connectivity index (χ1) is 7.11. The van der Waals surface area contributed by atoms with E-state index in [1.807, 2.05) is 4.90 Å². The number of hydrogen-bond donors (Lipinski definition) is 1. The maximum Gasteiger partial charge on any atom is 0.224 e. The van der Waals surface area contributed by atoms with Crippen molar-refractivity contribution in [2.45, 2.75) is 57.9 Å². The summed E-state index contributed by atoms with van der Waals surface area (Å²) in [4.78, 5) is 13.9. The Hall–Kier alpha value is -0.570. The van der Waals surface area contributed by atoms with Crippen LogP contribution in [0.15, 0.2) is 0 Å². The van der Waals surface area contributed by atoms with Gasteiger partial charge >= 0.3 is 0 Å². The van der Waals surface area contributed by atoms with E-state index in [0.717, 1.165) is 38.8 Å². The summed E-state index contributed by atoms with van der Waals surface area (Å²) in [5, 5.41) is 0. The molecule has 0 aliphatic heterocycles. The molecule has 1 fully saturated rings. The zero-order valence-electron chi connectivity index (χ0n) is 10.1. The third-order valence-corrected chi connectivity index (χ3v) is 3.19. The molecule has 0 atom stereocenters. The first-order valence-electron chi connectivity index (χ1n) is 6.18. The number of nitrogens with two attached hydrogens (primary N) is 1. The monoisotopic (exact) mass is 212 g/mol. The van der Waals surface area contributed by atoms with Crippen LogP contribution in [0, 0.1) is 0 Å². The Morgan fingerprint density at radius 3 is 2.13 bits per heavy atom. The minimum Gasteiger partial charge on any atom is -0.343 e. The number of carbonyl (C=O) groups excluding carboxylic acids is 1. The quantitative estimate of drug-likeness (QED) is 0.731. The fourth-order valence-corrected chi connectivity index (χ4v) is 2.12. The van der Waals surface area contributed by atoms with Crippen molar-refractivity contribution in [1.29, 1.82) is 0 Å². The Balaban J connectivity index is 2.40. The van der Waals surface area contributed by atoms with Gasteiger partial charge in [-0.05, 0) is 32.1 Å². The predicted molar refractivity (Wildman–Crippen MR) is 62.5 cm³/mol. The smallest absolute Gasteiger partial charge is 0.224 e. The Bertz CT molecular complexity index is 206. The van der Waals surface area contributed by atoms with Crippen LogP contribution < -0.4 is 5.73 Å². The Labute approximate surface area is 93.0 Å². The molecule has 0 radical (unpaired) electrons. The first kappa shape index (κ1) is 12.5. The fourth-order valence-electron chi connectivity index (χ4n) is 2.12. The Morgan fingerprint density at radius 2 is 1.80 bits per heavy atom. The summed E-state index contributed by atoms with van der Waals surface area (Å²) in [7, 11) is 0. The summed E-state index contributed by atoms with van der Waals surface area (Å²) < 4.78 is 0. The Morgan fingerprint density at radius 1 is 1.27 bits per heavy atom. The summed E-state index contributed by atoms with van der Waals surface area (Å²) in [5.74, 6) is 0.251. The van der Waals surface area contributed by atoms with Crippen molar-refractivity contribution in [2.75, 3.05) is 13.1 Å². The second-order valence-corrected chi connectivity index (χ2v) is 4.77. The van der Waals surface area contributed by atoms with E-state index in [1.54, 1.807) is 0 Å². The molecule has 1 amide bonds. The molecule has 0 aromatic rings. The van der Waals surface area contributed by atoms with Gasteiger partial charge in [0.15, 0.2) is 0 Å². The molecule has 0 bridgehead atoms. The molecular formula is C12H24N2O. The maximum absolute atomic E-state index is 12.0. The van der Waals surface area contributed by atoms with E-state index in [4.69, 9.17) is 5.73 Å². The van der Waals surface area contributed by atoms with Gasteiger partial charge in [-0.1, -0.05) is 13.8 Å². The van der Waals surface area contributed by atoms with E-state index in [9.17, 15) is 4.79 Å². The van der Waals surface area contributed by atoms with Gasteiger partial charge in [0.25, 0.3) is 0 Å². The van der Waals surface area contributed by atoms with Crippen LogP contribution in [0.5, 0.6) is 0 Å². The second-order valence-electron chi connectivity index (χ2n) is 4.77. The van der Waals surface area contributed by atoms with Gasteiger partial charge in [0, 0.05) is 25.0 Å². The highest BCUT2D eigenvalue weighted by Gasteiger charge is 2.35. The lowest BCUT2D eigenvalue weighted by atomic mass is 9.75. The first-order valence-corrected chi connectivity index (χ1v) is 6.18.